The summed E-state index contributed by atoms with van der Waals surface area (Å²) in [5.74, 6) is 0.556. The number of halogens is 2. The molecule has 1 unspecified atom stereocenters. The summed E-state index contributed by atoms with van der Waals surface area (Å²) in [4.78, 5) is 4.06. The van der Waals surface area contributed by atoms with Crippen molar-refractivity contribution in [1.29, 1.82) is 0 Å². The van der Waals surface area contributed by atoms with E-state index in [1.54, 1.807) is 6.92 Å². The minimum absolute atomic E-state index is 0.198. The van der Waals surface area contributed by atoms with Crippen LogP contribution in [0.25, 0.3) is 0 Å². The second kappa shape index (κ2) is 5.07. The lowest BCUT2D eigenvalue weighted by atomic mass is 10.3. The Hall–Kier alpha value is 0.250. The molecule has 0 spiro atoms. The standard InChI is InChI=1S/C6H11Cl2N/c1-3-6(4-7)9-5(2)8/h6H,3-4H2,1-2H3/b9-5+. The fourth-order valence-electron chi connectivity index (χ4n) is 0.486. The molecule has 1 nitrogen and oxygen atoms in total. The molecule has 0 saturated carbocycles. The number of hydrogen-bond acceptors (Lipinski definition) is 1. The molecular formula is C6H11Cl2N. The van der Waals surface area contributed by atoms with Gasteiger partial charge < -0.3 is 0 Å². The minimum atomic E-state index is 0.198. The highest BCUT2D eigenvalue weighted by Crippen LogP contribution is 2.01. The van der Waals surface area contributed by atoms with Gasteiger partial charge in [0.2, 0.25) is 0 Å². The molecule has 9 heavy (non-hydrogen) atoms. The summed E-state index contributed by atoms with van der Waals surface area (Å²) in [6.07, 6.45) is 0.952. The first kappa shape index (κ1) is 9.25. The van der Waals surface area contributed by atoms with Crippen molar-refractivity contribution in [3.8, 4) is 0 Å². The molecule has 1 atom stereocenters. The largest absolute Gasteiger partial charge is 0.273 e. The van der Waals surface area contributed by atoms with Gasteiger partial charge >= 0.3 is 0 Å². The van der Waals surface area contributed by atoms with Crippen LogP contribution in [0.3, 0.4) is 0 Å². The number of rotatable bonds is 3. The molecule has 0 saturated heterocycles. The Morgan fingerprint density at radius 1 is 1.67 bits per heavy atom. The second-order valence-electron chi connectivity index (χ2n) is 1.84. The Kier molecular flexibility index (Phi) is 5.21. The van der Waals surface area contributed by atoms with Gasteiger partial charge in [-0.3, -0.25) is 4.99 Å². The summed E-state index contributed by atoms with van der Waals surface area (Å²) in [5, 5.41) is 0.586. The molecule has 0 bridgehead atoms. The topological polar surface area (TPSA) is 12.4 Å². The summed E-state index contributed by atoms with van der Waals surface area (Å²) in [5.41, 5.74) is 0. The van der Waals surface area contributed by atoms with E-state index in [0.29, 0.717) is 11.1 Å². The summed E-state index contributed by atoms with van der Waals surface area (Å²) in [7, 11) is 0. The maximum absolute atomic E-state index is 5.55. The number of nitrogens with zero attached hydrogens (tertiary/aromatic N) is 1. The van der Waals surface area contributed by atoms with Crippen LogP contribution in [0, 0.1) is 0 Å². The first-order valence-electron chi connectivity index (χ1n) is 2.96. The van der Waals surface area contributed by atoms with Crippen molar-refractivity contribution in [3.05, 3.63) is 0 Å². The zero-order chi connectivity index (χ0) is 7.28. The predicted octanol–water partition coefficient (Wildman–Crippen LogP) is 2.66. The van der Waals surface area contributed by atoms with Gasteiger partial charge in [-0.15, -0.1) is 11.6 Å². The maximum atomic E-state index is 5.55. The van der Waals surface area contributed by atoms with Crippen LogP contribution in [-0.2, 0) is 0 Å². The van der Waals surface area contributed by atoms with Crippen molar-refractivity contribution in [3.63, 3.8) is 0 Å². The zero-order valence-electron chi connectivity index (χ0n) is 5.69. The van der Waals surface area contributed by atoms with Crippen molar-refractivity contribution in [2.24, 2.45) is 4.99 Å². The van der Waals surface area contributed by atoms with Crippen LogP contribution in [0.1, 0.15) is 20.3 Å². The maximum Gasteiger partial charge on any atom is 0.0975 e. The van der Waals surface area contributed by atoms with Crippen molar-refractivity contribution in [2.75, 3.05) is 5.88 Å². The van der Waals surface area contributed by atoms with Gasteiger partial charge in [0.1, 0.15) is 0 Å². The van der Waals surface area contributed by atoms with E-state index in [1.807, 2.05) is 6.92 Å². The third-order valence-electron chi connectivity index (χ3n) is 1.01. The van der Waals surface area contributed by atoms with Crippen LogP contribution in [0.2, 0.25) is 0 Å². The minimum Gasteiger partial charge on any atom is -0.273 e. The summed E-state index contributed by atoms with van der Waals surface area (Å²) >= 11 is 11.1. The molecule has 0 radical (unpaired) electrons. The average Bonchev–Trinajstić information content (AvgIpc) is 1.82. The van der Waals surface area contributed by atoms with Crippen molar-refractivity contribution < 1.29 is 0 Å². The van der Waals surface area contributed by atoms with E-state index < -0.39 is 0 Å². The highest BCUT2D eigenvalue weighted by atomic mass is 35.5. The lowest BCUT2D eigenvalue weighted by Gasteiger charge is -2.02. The molecule has 0 amide bonds. The van der Waals surface area contributed by atoms with Gasteiger partial charge in [0.05, 0.1) is 11.2 Å². The van der Waals surface area contributed by atoms with Crippen molar-refractivity contribution in [1.82, 2.24) is 0 Å². The monoisotopic (exact) mass is 167 g/mol. The van der Waals surface area contributed by atoms with Crippen molar-refractivity contribution in [2.45, 2.75) is 26.3 Å². The molecule has 0 aliphatic rings. The average molecular weight is 168 g/mol. The molecule has 0 rings (SSSR count). The van der Waals surface area contributed by atoms with E-state index in [9.17, 15) is 0 Å². The number of alkyl halides is 1. The predicted molar refractivity (Wildman–Crippen MR) is 43.8 cm³/mol. The van der Waals surface area contributed by atoms with Gasteiger partial charge in [-0.2, -0.15) is 0 Å². The SMILES string of the molecule is CCC(CCl)/N=C(\C)Cl. The van der Waals surface area contributed by atoms with Crippen LogP contribution in [0.15, 0.2) is 4.99 Å². The molecule has 0 aromatic carbocycles. The normalized spacial score (nSPS) is 15.8. The Morgan fingerprint density at radius 3 is 2.33 bits per heavy atom. The summed E-state index contributed by atoms with van der Waals surface area (Å²) in [6.45, 7) is 3.80. The van der Waals surface area contributed by atoms with E-state index in [0.717, 1.165) is 6.42 Å². The van der Waals surface area contributed by atoms with Gasteiger partial charge in [0.15, 0.2) is 0 Å². The third kappa shape index (κ3) is 4.73. The van der Waals surface area contributed by atoms with Crippen LogP contribution in [0.5, 0.6) is 0 Å². The van der Waals surface area contributed by atoms with Gasteiger partial charge in [0, 0.05) is 5.88 Å². The summed E-state index contributed by atoms with van der Waals surface area (Å²) in [6, 6.07) is 0.198. The number of aliphatic imine (C=N–C) groups is 1. The Labute approximate surface area is 66.1 Å². The third-order valence-corrected chi connectivity index (χ3v) is 1.46. The van der Waals surface area contributed by atoms with Gasteiger partial charge in [0.25, 0.3) is 0 Å². The van der Waals surface area contributed by atoms with E-state index >= 15 is 0 Å². The molecule has 54 valence electrons. The highest BCUT2D eigenvalue weighted by molar-refractivity contribution is 6.64. The highest BCUT2D eigenvalue weighted by Gasteiger charge is 1.99. The van der Waals surface area contributed by atoms with E-state index in [4.69, 9.17) is 23.2 Å². The molecule has 0 heterocycles. The van der Waals surface area contributed by atoms with E-state index in [2.05, 4.69) is 4.99 Å². The lowest BCUT2D eigenvalue weighted by Crippen LogP contribution is -2.05. The lowest BCUT2D eigenvalue weighted by molar-refractivity contribution is 0.725. The first-order chi connectivity index (χ1) is 4.20. The van der Waals surface area contributed by atoms with Crippen LogP contribution in [0.4, 0.5) is 0 Å². The Balaban J connectivity index is 3.68. The number of hydrogen-bond donors (Lipinski definition) is 0. The summed E-state index contributed by atoms with van der Waals surface area (Å²) < 4.78 is 0. The Bertz CT molecular complexity index is 93.2. The molecule has 0 aromatic heterocycles. The molecule has 0 aromatic rings. The van der Waals surface area contributed by atoms with Crippen LogP contribution >= 0.6 is 23.2 Å². The Morgan fingerprint density at radius 2 is 2.22 bits per heavy atom. The van der Waals surface area contributed by atoms with E-state index in [1.165, 1.54) is 0 Å². The quantitative estimate of drug-likeness (QED) is 0.453. The molecule has 0 aliphatic carbocycles. The van der Waals surface area contributed by atoms with Gasteiger partial charge in [-0.25, -0.2) is 0 Å². The van der Waals surface area contributed by atoms with Crippen LogP contribution in [-0.4, -0.2) is 17.1 Å². The molecule has 0 aliphatic heterocycles. The molecule has 0 fully saturated rings. The second-order valence-corrected chi connectivity index (χ2v) is 2.70. The van der Waals surface area contributed by atoms with Gasteiger partial charge in [-0.05, 0) is 13.3 Å². The zero-order valence-corrected chi connectivity index (χ0v) is 7.21. The fourth-order valence-corrected chi connectivity index (χ4v) is 0.912. The van der Waals surface area contributed by atoms with Gasteiger partial charge in [-0.1, -0.05) is 18.5 Å². The van der Waals surface area contributed by atoms with E-state index in [-0.39, 0.29) is 6.04 Å². The van der Waals surface area contributed by atoms with Crippen molar-refractivity contribution >= 4 is 28.4 Å². The smallest absolute Gasteiger partial charge is 0.0975 e. The fraction of sp³-hybridized carbons (Fsp3) is 0.833. The molecule has 3 heteroatoms. The molecule has 0 N–H and O–H groups in total. The molecular weight excluding hydrogens is 157 g/mol. The van der Waals surface area contributed by atoms with Crippen LogP contribution < -0.4 is 0 Å². The first-order valence-corrected chi connectivity index (χ1v) is 3.87.